The predicted octanol–water partition coefficient (Wildman–Crippen LogP) is 4.32. The van der Waals surface area contributed by atoms with Gasteiger partial charge in [-0.1, -0.05) is 11.6 Å². The molecule has 1 aromatic carbocycles. The standard InChI is InChI=1S/C17H20ClN3O/c1-11-9-12(18)5-6-14(11)20-13-7-8-19-15(10-13)16(22)21-17(2,3)4/h5-10H,1-4H3,(H,19,20)(H,21,22). The molecule has 116 valence electrons. The van der Waals surface area contributed by atoms with Gasteiger partial charge < -0.3 is 10.6 Å². The SMILES string of the molecule is Cc1cc(Cl)ccc1Nc1ccnc(C(=O)NC(C)(C)C)c1. The summed E-state index contributed by atoms with van der Waals surface area (Å²) < 4.78 is 0. The lowest BCUT2D eigenvalue weighted by Gasteiger charge is -2.20. The molecule has 0 aliphatic carbocycles. The van der Waals surface area contributed by atoms with Crippen LogP contribution in [0.15, 0.2) is 36.5 Å². The van der Waals surface area contributed by atoms with Crippen LogP contribution in [0.1, 0.15) is 36.8 Å². The first-order chi connectivity index (χ1) is 10.2. The second-order valence-electron chi connectivity index (χ2n) is 6.22. The number of benzene rings is 1. The van der Waals surface area contributed by atoms with Crippen LogP contribution >= 0.6 is 11.6 Å². The summed E-state index contributed by atoms with van der Waals surface area (Å²) in [6.07, 6.45) is 1.62. The molecule has 2 N–H and O–H groups in total. The molecule has 22 heavy (non-hydrogen) atoms. The minimum atomic E-state index is -0.297. The number of halogens is 1. The fraction of sp³-hybridized carbons (Fsp3) is 0.294. The van der Waals surface area contributed by atoms with Gasteiger partial charge in [0.25, 0.3) is 5.91 Å². The van der Waals surface area contributed by atoms with Gasteiger partial charge in [-0.25, -0.2) is 0 Å². The number of hydrogen-bond acceptors (Lipinski definition) is 3. The Hall–Kier alpha value is -2.07. The van der Waals surface area contributed by atoms with E-state index in [2.05, 4.69) is 15.6 Å². The maximum absolute atomic E-state index is 12.2. The van der Waals surface area contributed by atoms with Gasteiger partial charge in [0.2, 0.25) is 0 Å². The Morgan fingerprint density at radius 1 is 1.18 bits per heavy atom. The molecule has 0 saturated carbocycles. The highest BCUT2D eigenvalue weighted by Crippen LogP contribution is 2.23. The van der Waals surface area contributed by atoms with Crippen LogP contribution in [0.3, 0.4) is 0 Å². The Labute approximate surface area is 135 Å². The van der Waals surface area contributed by atoms with Crippen LogP contribution in [-0.4, -0.2) is 16.4 Å². The number of carbonyl (C=O) groups is 1. The zero-order chi connectivity index (χ0) is 16.3. The minimum absolute atomic E-state index is 0.191. The predicted molar refractivity (Wildman–Crippen MR) is 90.9 cm³/mol. The van der Waals surface area contributed by atoms with E-state index in [1.807, 2.05) is 52.0 Å². The van der Waals surface area contributed by atoms with Crippen LogP contribution in [0.2, 0.25) is 5.02 Å². The number of aryl methyl sites for hydroxylation is 1. The molecular formula is C17H20ClN3O. The lowest BCUT2D eigenvalue weighted by Crippen LogP contribution is -2.40. The number of nitrogens with zero attached hydrogens (tertiary/aromatic N) is 1. The first kappa shape index (κ1) is 16.3. The molecule has 4 nitrogen and oxygen atoms in total. The van der Waals surface area contributed by atoms with E-state index in [4.69, 9.17) is 11.6 Å². The Balaban J connectivity index is 2.20. The van der Waals surface area contributed by atoms with Crippen molar-refractivity contribution in [3.05, 3.63) is 52.8 Å². The van der Waals surface area contributed by atoms with Crippen LogP contribution in [0.4, 0.5) is 11.4 Å². The van der Waals surface area contributed by atoms with Gasteiger partial charge in [0, 0.05) is 28.1 Å². The molecular weight excluding hydrogens is 298 g/mol. The van der Waals surface area contributed by atoms with E-state index in [0.29, 0.717) is 10.7 Å². The molecule has 1 heterocycles. The third kappa shape index (κ3) is 4.46. The molecule has 0 unspecified atom stereocenters. The van der Waals surface area contributed by atoms with E-state index in [1.54, 1.807) is 12.3 Å². The van der Waals surface area contributed by atoms with E-state index in [9.17, 15) is 4.79 Å². The molecule has 0 bridgehead atoms. The summed E-state index contributed by atoms with van der Waals surface area (Å²) in [4.78, 5) is 16.3. The van der Waals surface area contributed by atoms with E-state index in [0.717, 1.165) is 16.9 Å². The highest BCUT2D eigenvalue weighted by atomic mass is 35.5. The number of pyridine rings is 1. The van der Waals surface area contributed by atoms with E-state index >= 15 is 0 Å². The molecule has 2 aromatic rings. The second kappa shape index (κ2) is 6.36. The number of hydrogen-bond donors (Lipinski definition) is 2. The van der Waals surface area contributed by atoms with Gasteiger partial charge in [0.05, 0.1) is 0 Å². The third-order valence-electron chi connectivity index (χ3n) is 2.95. The van der Waals surface area contributed by atoms with Crippen LogP contribution < -0.4 is 10.6 Å². The van der Waals surface area contributed by atoms with Gasteiger partial charge in [-0.2, -0.15) is 0 Å². The maximum atomic E-state index is 12.2. The Kier molecular flexibility index (Phi) is 4.71. The summed E-state index contributed by atoms with van der Waals surface area (Å²) in [5.74, 6) is -0.191. The molecule has 0 aliphatic heterocycles. The third-order valence-corrected chi connectivity index (χ3v) is 3.18. The molecule has 2 rings (SSSR count). The fourth-order valence-electron chi connectivity index (χ4n) is 1.96. The van der Waals surface area contributed by atoms with Crippen LogP contribution in [-0.2, 0) is 0 Å². The minimum Gasteiger partial charge on any atom is -0.355 e. The van der Waals surface area contributed by atoms with E-state index in [-0.39, 0.29) is 11.4 Å². The quantitative estimate of drug-likeness (QED) is 0.886. The van der Waals surface area contributed by atoms with Crippen molar-refractivity contribution < 1.29 is 4.79 Å². The summed E-state index contributed by atoms with van der Waals surface area (Å²) in [6.45, 7) is 7.78. The first-order valence-electron chi connectivity index (χ1n) is 7.06. The molecule has 1 amide bonds. The van der Waals surface area contributed by atoms with Crippen LogP contribution in [0.5, 0.6) is 0 Å². The van der Waals surface area contributed by atoms with E-state index in [1.165, 1.54) is 0 Å². The largest absolute Gasteiger partial charge is 0.355 e. The molecule has 0 atom stereocenters. The monoisotopic (exact) mass is 317 g/mol. The van der Waals surface area contributed by atoms with Crippen molar-refractivity contribution in [3.8, 4) is 0 Å². The number of amides is 1. The van der Waals surface area contributed by atoms with Gasteiger partial charge in [-0.05, 0) is 63.6 Å². The lowest BCUT2D eigenvalue weighted by molar-refractivity contribution is 0.0914. The normalized spacial score (nSPS) is 11.1. The zero-order valence-corrected chi connectivity index (χ0v) is 14.0. The highest BCUT2D eigenvalue weighted by molar-refractivity contribution is 6.30. The average molecular weight is 318 g/mol. The van der Waals surface area contributed by atoms with Gasteiger partial charge in [0.1, 0.15) is 5.69 Å². The summed E-state index contributed by atoms with van der Waals surface area (Å²) in [6, 6.07) is 9.17. The van der Waals surface area contributed by atoms with Crippen molar-refractivity contribution >= 4 is 28.9 Å². The second-order valence-corrected chi connectivity index (χ2v) is 6.65. The number of anilines is 2. The average Bonchev–Trinajstić information content (AvgIpc) is 2.40. The molecule has 0 saturated heterocycles. The first-order valence-corrected chi connectivity index (χ1v) is 7.44. The molecule has 0 radical (unpaired) electrons. The Bertz CT molecular complexity index is 693. The Morgan fingerprint density at radius 2 is 1.91 bits per heavy atom. The van der Waals surface area contributed by atoms with Crippen molar-refractivity contribution in [1.82, 2.24) is 10.3 Å². The molecule has 0 spiro atoms. The smallest absolute Gasteiger partial charge is 0.270 e. The number of nitrogens with one attached hydrogen (secondary N) is 2. The summed E-state index contributed by atoms with van der Waals surface area (Å²) >= 11 is 5.96. The topological polar surface area (TPSA) is 54.0 Å². The van der Waals surface area contributed by atoms with Crippen LogP contribution in [0, 0.1) is 6.92 Å². The van der Waals surface area contributed by atoms with Crippen molar-refractivity contribution in [2.75, 3.05) is 5.32 Å². The molecule has 0 aliphatic rings. The lowest BCUT2D eigenvalue weighted by atomic mass is 10.1. The Morgan fingerprint density at radius 3 is 2.55 bits per heavy atom. The van der Waals surface area contributed by atoms with Gasteiger partial charge in [-0.15, -0.1) is 0 Å². The number of rotatable bonds is 3. The molecule has 1 aromatic heterocycles. The summed E-state index contributed by atoms with van der Waals surface area (Å²) in [5.41, 5.74) is 2.86. The van der Waals surface area contributed by atoms with Crippen molar-refractivity contribution in [3.63, 3.8) is 0 Å². The zero-order valence-electron chi connectivity index (χ0n) is 13.2. The molecule has 5 heteroatoms. The van der Waals surface area contributed by atoms with Gasteiger partial charge in [0.15, 0.2) is 0 Å². The van der Waals surface area contributed by atoms with Gasteiger partial charge >= 0.3 is 0 Å². The van der Waals surface area contributed by atoms with Crippen molar-refractivity contribution in [2.45, 2.75) is 33.2 Å². The highest BCUT2D eigenvalue weighted by Gasteiger charge is 2.16. The molecule has 0 fully saturated rings. The van der Waals surface area contributed by atoms with Crippen LogP contribution in [0.25, 0.3) is 0 Å². The number of carbonyl (C=O) groups excluding carboxylic acids is 1. The maximum Gasteiger partial charge on any atom is 0.270 e. The summed E-state index contributed by atoms with van der Waals surface area (Å²) in [7, 11) is 0. The fourth-order valence-corrected chi connectivity index (χ4v) is 2.19. The summed E-state index contributed by atoms with van der Waals surface area (Å²) in [5, 5.41) is 6.87. The van der Waals surface area contributed by atoms with E-state index < -0.39 is 0 Å². The van der Waals surface area contributed by atoms with Gasteiger partial charge in [-0.3, -0.25) is 9.78 Å². The van der Waals surface area contributed by atoms with Crippen molar-refractivity contribution in [2.24, 2.45) is 0 Å². The van der Waals surface area contributed by atoms with Crippen molar-refractivity contribution in [1.29, 1.82) is 0 Å². The number of aromatic nitrogens is 1.